The number of aliphatic carboxylic acids is 1. The van der Waals surface area contributed by atoms with Gasteiger partial charge in [-0.05, 0) is 68.7 Å². The lowest BCUT2D eigenvalue weighted by Crippen LogP contribution is -2.31. The quantitative estimate of drug-likeness (QED) is 0.350. The number of carbonyl (C=O) groups excluding carboxylic acids is 1. The Balaban J connectivity index is 1.56. The van der Waals surface area contributed by atoms with Gasteiger partial charge in [0.15, 0.2) is 0 Å². The fourth-order valence-corrected chi connectivity index (χ4v) is 5.16. The van der Waals surface area contributed by atoms with Crippen LogP contribution in [0.5, 0.6) is 0 Å². The topological polar surface area (TPSA) is 125 Å². The van der Waals surface area contributed by atoms with E-state index >= 15 is 0 Å². The van der Waals surface area contributed by atoms with Gasteiger partial charge in [0.2, 0.25) is 0 Å². The van der Waals surface area contributed by atoms with E-state index in [0.717, 1.165) is 31.4 Å². The van der Waals surface area contributed by atoms with Gasteiger partial charge < -0.3 is 25.2 Å². The molecule has 9 heteroatoms. The van der Waals surface area contributed by atoms with Gasteiger partial charge in [0.25, 0.3) is 5.91 Å². The number of hydrogen-bond acceptors (Lipinski definition) is 5. The number of nitrogens with zero attached hydrogens (tertiary/aromatic N) is 2. The molecule has 2 saturated carbocycles. The van der Waals surface area contributed by atoms with E-state index in [1.807, 2.05) is 4.57 Å². The number of carboxylic acid groups (broad SMARTS) is 1. The van der Waals surface area contributed by atoms with Gasteiger partial charge >= 0.3 is 5.97 Å². The number of halogens is 1. The molecule has 2 aliphatic carbocycles. The van der Waals surface area contributed by atoms with E-state index in [2.05, 4.69) is 5.32 Å². The average Bonchev–Trinajstić information content (AvgIpc) is 3.61. The van der Waals surface area contributed by atoms with E-state index in [1.54, 1.807) is 12.1 Å². The summed E-state index contributed by atoms with van der Waals surface area (Å²) in [6.07, 6.45) is 5.48. The average molecular weight is 502 g/mol. The maximum Gasteiger partial charge on any atom is 0.305 e. The number of aliphatic hydroxyl groups excluding tert-OH is 2. The van der Waals surface area contributed by atoms with Crippen LogP contribution in [0.3, 0.4) is 0 Å². The van der Waals surface area contributed by atoms with Crippen molar-refractivity contribution in [1.29, 1.82) is 0 Å². The summed E-state index contributed by atoms with van der Waals surface area (Å²) < 4.78 is 15.5. The molecule has 0 unspecified atom stereocenters. The summed E-state index contributed by atoms with van der Waals surface area (Å²) in [5, 5.41) is 32.3. The molecular formula is C27H36FN3O5. The molecule has 8 nitrogen and oxygen atoms in total. The number of hydrogen-bond donors (Lipinski definition) is 4. The molecule has 0 aliphatic heterocycles. The second kappa shape index (κ2) is 12.0. The Morgan fingerprint density at radius 3 is 2.39 bits per heavy atom. The zero-order chi connectivity index (χ0) is 25.7. The minimum absolute atomic E-state index is 0.0552. The number of nitrogens with one attached hydrogen (secondary N) is 1. The van der Waals surface area contributed by atoms with Gasteiger partial charge in [-0.1, -0.05) is 19.3 Å². The predicted octanol–water partition coefficient (Wildman–Crippen LogP) is 3.85. The molecule has 1 amide bonds. The number of aromatic nitrogens is 2. The summed E-state index contributed by atoms with van der Waals surface area (Å²) in [6.45, 7) is 0.963. The van der Waals surface area contributed by atoms with Crippen molar-refractivity contribution in [2.75, 3.05) is 6.54 Å². The monoisotopic (exact) mass is 501 g/mol. The minimum Gasteiger partial charge on any atom is -0.481 e. The van der Waals surface area contributed by atoms with Crippen LogP contribution in [0.25, 0.3) is 11.4 Å². The number of rotatable bonds is 12. The van der Waals surface area contributed by atoms with Gasteiger partial charge in [-0.25, -0.2) is 9.37 Å². The SMILES string of the molecule is O=C(O)C[C@H](O)C[C@H](O)CCn1c(-c2ccc(F)cc2)nc(C(=O)NCC2CCCCC2)c1C1CC1. The molecule has 36 heavy (non-hydrogen) atoms. The Morgan fingerprint density at radius 2 is 1.75 bits per heavy atom. The highest BCUT2D eigenvalue weighted by atomic mass is 19.1. The second-order valence-corrected chi connectivity index (χ2v) is 10.2. The molecule has 0 radical (unpaired) electrons. The molecule has 196 valence electrons. The van der Waals surface area contributed by atoms with E-state index in [-0.39, 0.29) is 30.5 Å². The molecule has 2 fully saturated rings. The van der Waals surface area contributed by atoms with Crippen molar-refractivity contribution in [3.8, 4) is 11.4 Å². The van der Waals surface area contributed by atoms with E-state index in [1.165, 1.54) is 31.4 Å². The summed E-state index contributed by atoms with van der Waals surface area (Å²) in [4.78, 5) is 28.9. The highest BCUT2D eigenvalue weighted by Gasteiger charge is 2.35. The number of carbonyl (C=O) groups is 2. The van der Waals surface area contributed by atoms with Crippen LogP contribution in [0.1, 0.15) is 86.3 Å². The molecule has 0 spiro atoms. The second-order valence-electron chi connectivity index (χ2n) is 10.2. The van der Waals surface area contributed by atoms with Crippen molar-refractivity contribution in [2.24, 2.45) is 5.92 Å². The Morgan fingerprint density at radius 1 is 1.06 bits per heavy atom. The Labute approximate surface area is 210 Å². The fraction of sp³-hybridized carbons (Fsp3) is 0.593. The first kappa shape index (κ1) is 26.3. The number of aliphatic hydroxyl groups is 2. The molecule has 1 heterocycles. The van der Waals surface area contributed by atoms with Gasteiger partial charge in [0, 0.05) is 24.6 Å². The van der Waals surface area contributed by atoms with Gasteiger partial charge in [0.05, 0.1) is 24.3 Å². The molecular weight excluding hydrogens is 465 g/mol. The molecule has 2 aliphatic rings. The number of carboxylic acids is 1. The van der Waals surface area contributed by atoms with Gasteiger partial charge in [-0.15, -0.1) is 0 Å². The lowest BCUT2D eigenvalue weighted by Gasteiger charge is -2.21. The third kappa shape index (κ3) is 6.91. The summed E-state index contributed by atoms with van der Waals surface area (Å²) in [7, 11) is 0. The maximum absolute atomic E-state index is 13.6. The zero-order valence-electron chi connectivity index (χ0n) is 20.5. The summed E-state index contributed by atoms with van der Waals surface area (Å²) in [5.41, 5.74) is 1.88. The van der Waals surface area contributed by atoms with Crippen molar-refractivity contribution in [1.82, 2.24) is 14.9 Å². The van der Waals surface area contributed by atoms with Crippen LogP contribution in [0.4, 0.5) is 4.39 Å². The summed E-state index contributed by atoms with van der Waals surface area (Å²) in [5.74, 6) is -0.481. The van der Waals surface area contributed by atoms with Crippen LogP contribution in [0.15, 0.2) is 24.3 Å². The molecule has 1 aromatic carbocycles. The lowest BCUT2D eigenvalue weighted by atomic mass is 9.89. The van der Waals surface area contributed by atoms with Gasteiger partial charge in [0.1, 0.15) is 17.3 Å². The van der Waals surface area contributed by atoms with Crippen LogP contribution in [-0.4, -0.2) is 55.5 Å². The fourth-order valence-electron chi connectivity index (χ4n) is 5.16. The van der Waals surface area contributed by atoms with Crippen molar-refractivity contribution < 1.29 is 29.3 Å². The molecule has 0 bridgehead atoms. The van der Waals surface area contributed by atoms with Crippen molar-refractivity contribution in [3.63, 3.8) is 0 Å². The van der Waals surface area contributed by atoms with E-state index in [0.29, 0.717) is 36.1 Å². The maximum atomic E-state index is 13.6. The highest BCUT2D eigenvalue weighted by Crippen LogP contribution is 2.43. The van der Waals surface area contributed by atoms with Crippen LogP contribution < -0.4 is 5.32 Å². The molecule has 4 N–H and O–H groups in total. The van der Waals surface area contributed by atoms with Crippen molar-refractivity contribution >= 4 is 11.9 Å². The van der Waals surface area contributed by atoms with Crippen molar-refractivity contribution in [2.45, 2.75) is 88.9 Å². The minimum atomic E-state index is -1.14. The van der Waals surface area contributed by atoms with E-state index in [9.17, 15) is 24.2 Å². The van der Waals surface area contributed by atoms with Gasteiger partial charge in [-0.2, -0.15) is 0 Å². The first-order valence-corrected chi connectivity index (χ1v) is 13.0. The van der Waals surface area contributed by atoms with Crippen LogP contribution in [0, 0.1) is 11.7 Å². The number of imidazole rings is 1. The predicted molar refractivity (Wildman–Crippen MR) is 132 cm³/mol. The van der Waals surface area contributed by atoms with Crippen LogP contribution in [-0.2, 0) is 11.3 Å². The first-order valence-electron chi connectivity index (χ1n) is 13.0. The van der Waals surface area contributed by atoms with Crippen LogP contribution in [0.2, 0.25) is 0 Å². The Kier molecular flexibility index (Phi) is 8.74. The molecule has 4 rings (SSSR count). The Hall–Kier alpha value is -2.78. The molecule has 2 atom stereocenters. The summed E-state index contributed by atoms with van der Waals surface area (Å²) in [6, 6.07) is 5.96. The third-order valence-corrected chi connectivity index (χ3v) is 7.20. The standard InChI is InChI=1S/C27H36FN3O5/c28-20-10-8-19(9-11-20)26-30-24(27(36)29-16-17-4-2-1-3-5-17)25(18-6-7-18)31(26)13-12-21(32)14-22(33)15-23(34)35/h8-11,17-18,21-22,32-33H,1-7,12-16H2,(H,29,36)(H,34,35)/t21-,22-/m1/s1. The van der Waals surface area contributed by atoms with Crippen molar-refractivity contribution in [3.05, 3.63) is 41.5 Å². The van der Waals surface area contributed by atoms with E-state index in [4.69, 9.17) is 10.1 Å². The number of amides is 1. The molecule has 0 saturated heterocycles. The smallest absolute Gasteiger partial charge is 0.305 e. The van der Waals surface area contributed by atoms with Crippen LogP contribution >= 0.6 is 0 Å². The highest BCUT2D eigenvalue weighted by molar-refractivity contribution is 5.94. The van der Waals surface area contributed by atoms with E-state index < -0.39 is 24.6 Å². The lowest BCUT2D eigenvalue weighted by molar-refractivity contribution is -0.139. The zero-order valence-corrected chi connectivity index (χ0v) is 20.5. The molecule has 2 aromatic rings. The Bertz CT molecular complexity index is 1040. The number of benzene rings is 1. The summed E-state index contributed by atoms with van der Waals surface area (Å²) >= 11 is 0. The van der Waals surface area contributed by atoms with Gasteiger partial charge in [-0.3, -0.25) is 9.59 Å². The molecule has 1 aromatic heterocycles. The normalized spacial score (nSPS) is 18.1. The largest absolute Gasteiger partial charge is 0.481 e. The first-order chi connectivity index (χ1) is 17.3. The third-order valence-electron chi connectivity index (χ3n) is 7.20.